The summed E-state index contributed by atoms with van der Waals surface area (Å²) in [7, 11) is -3.40. The number of benzene rings is 1. The Labute approximate surface area is 125 Å². The van der Waals surface area contributed by atoms with E-state index in [1.54, 1.807) is 31.2 Å². The van der Waals surface area contributed by atoms with E-state index in [0.717, 1.165) is 19.4 Å². The third kappa shape index (κ3) is 4.44. The van der Waals surface area contributed by atoms with Crippen molar-refractivity contribution in [1.29, 1.82) is 0 Å². The Kier molecular flexibility index (Phi) is 5.19. The topological polar surface area (TPSA) is 87.3 Å². The third-order valence-electron chi connectivity index (χ3n) is 3.49. The molecule has 0 aromatic heterocycles. The van der Waals surface area contributed by atoms with Gasteiger partial charge >= 0.3 is 0 Å². The van der Waals surface area contributed by atoms with Crippen molar-refractivity contribution in [2.45, 2.75) is 25.8 Å². The molecular weight excluding hydrogens is 290 g/mol. The molecule has 3 N–H and O–H groups in total. The standard InChI is InChI=1S/C14H21N3O3S/c1-2-21(19,20)17-13-8-4-3-7-12(13)14(18)16-10-11-6-5-9-15-11/h3-4,7-8,11,15,17H,2,5-6,9-10H2,1H3,(H,16,18). The van der Waals surface area contributed by atoms with Crippen molar-refractivity contribution >= 4 is 21.6 Å². The van der Waals surface area contributed by atoms with Gasteiger partial charge < -0.3 is 10.6 Å². The van der Waals surface area contributed by atoms with Crippen LogP contribution in [0.3, 0.4) is 0 Å². The summed E-state index contributed by atoms with van der Waals surface area (Å²) in [6.07, 6.45) is 2.16. The average Bonchev–Trinajstić information content (AvgIpc) is 2.98. The van der Waals surface area contributed by atoms with Crippen LogP contribution in [0.4, 0.5) is 5.69 Å². The molecule has 0 bridgehead atoms. The molecule has 1 aliphatic rings. The number of carbonyl (C=O) groups excluding carboxylic acids is 1. The highest BCUT2D eigenvalue weighted by Gasteiger charge is 2.18. The van der Waals surface area contributed by atoms with Gasteiger partial charge in [-0.2, -0.15) is 0 Å². The molecule has 1 fully saturated rings. The number of para-hydroxylation sites is 1. The number of anilines is 1. The maximum Gasteiger partial charge on any atom is 0.253 e. The van der Waals surface area contributed by atoms with E-state index < -0.39 is 10.0 Å². The highest BCUT2D eigenvalue weighted by Crippen LogP contribution is 2.16. The number of sulfonamides is 1. The van der Waals surface area contributed by atoms with E-state index >= 15 is 0 Å². The first-order valence-electron chi connectivity index (χ1n) is 7.13. The smallest absolute Gasteiger partial charge is 0.253 e. The van der Waals surface area contributed by atoms with E-state index in [1.807, 2.05) is 0 Å². The van der Waals surface area contributed by atoms with Crippen LogP contribution in [0.25, 0.3) is 0 Å². The molecule has 1 aliphatic heterocycles. The van der Waals surface area contributed by atoms with Gasteiger partial charge in [0.25, 0.3) is 5.91 Å². The van der Waals surface area contributed by atoms with Crippen LogP contribution in [-0.2, 0) is 10.0 Å². The Bertz CT molecular complexity index is 595. The first-order valence-corrected chi connectivity index (χ1v) is 8.78. The Morgan fingerprint density at radius 3 is 2.81 bits per heavy atom. The molecule has 1 heterocycles. The molecule has 1 aromatic carbocycles. The van der Waals surface area contributed by atoms with Crippen LogP contribution in [0.2, 0.25) is 0 Å². The zero-order valence-electron chi connectivity index (χ0n) is 12.1. The molecule has 0 radical (unpaired) electrons. The van der Waals surface area contributed by atoms with E-state index in [-0.39, 0.29) is 11.7 Å². The van der Waals surface area contributed by atoms with Crippen LogP contribution in [-0.4, -0.2) is 39.2 Å². The van der Waals surface area contributed by atoms with Gasteiger partial charge in [0.15, 0.2) is 0 Å². The second kappa shape index (κ2) is 6.91. The van der Waals surface area contributed by atoms with Crippen molar-refractivity contribution in [3.8, 4) is 0 Å². The fourth-order valence-electron chi connectivity index (χ4n) is 2.25. The molecular formula is C14H21N3O3S. The lowest BCUT2D eigenvalue weighted by atomic mass is 10.1. The molecule has 1 saturated heterocycles. The Balaban J connectivity index is 2.06. The van der Waals surface area contributed by atoms with Crippen molar-refractivity contribution in [1.82, 2.24) is 10.6 Å². The lowest BCUT2D eigenvalue weighted by molar-refractivity contribution is 0.0951. The summed E-state index contributed by atoms with van der Waals surface area (Å²) in [5.41, 5.74) is 0.656. The second-order valence-electron chi connectivity index (χ2n) is 5.05. The van der Waals surface area contributed by atoms with E-state index in [1.165, 1.54) is 0 Å². The molecule has 6 nitrogen and oxygen atoms in total. The zero-order chi connectivity index (χ0) is 15.3. The number of carbonyl (C=O) groups is 1. The van der Waals surface area contributed by atoms with Gasteiger partial charge in [-0.3, -0.25) is 9.52 Å². The van der Waals surface area contributed by atoms with Crippen LogP contribution in [0.5, 0.6) is 0 Å². The molecule has 1 atom stereocenters. The van der Waals surface area contributed by atoms with Crippen LogP contribution >= 0.6 is 0 Å². The lowest BCUT2D eigenvalue weighted by Crippen LogP contribution is -2.37. The fourth-order valence-corrected chi connectivity index (χ4v) is 2.91. The first-order chi connectivity index (χ1) is 10.0. The van der Waals surface area contributed by atoms with Gasteiger partial charge in [-0.1, -0.05) is 12.1 Å². The number of hydrogen-bond donors (Lipinski definition) is 3. The van der Waals surface area contributed by atoms with E-state index in [9.17, 15) is 13.2 Å². The minimum absolute atomic E-state index is 0.0328. The summed E-state index contributed by atoms with van der Waals surface area (Å²) in [6, 6.07) is 6.92. The molecule has 1 unspecified atom stereocenters. The Morgan fingerprint density at radius 2 is 2.14 bits per heavy atom. The molecule has 2 rings (SSSR count). The predicted octanol–water partition coefficient (Wildman–Crippen LogP) is 0.930. The normalized spacial score (nSPS) is 18.4. The van der Waals surface area contributed by atoms with Gasteiger partial charge in [0.1, 0.15) is 0 Å². The van der Waals surface area contributed by atoms with Crippen LogP contribution in [0.1, 0.15) is 30.1 Å². The largest absolute Gasteiger partial charge is 0.350 e. The van der Waals surface area contributed by atoms with Gasteiger partial charge in [0.2, 0.25) is 10.0 Å². The maximum absolute atomic E-state index is 12.2. The molecule has 7 heteroatoms. The lowest BCUT2D eigenvalue weighted by Gasteiger charge is -2.14. The van der Waals surface area contributed by atoms with E-state index in [0.29, 0.717) is 23.8 Å². The minimum atomic E-state index is -3.40. The number of amides is 1. The molecule has 116 valence electrons. The second-order valence-corrected chi connectivity index (χ2v) is 7.07. The zero-order valence-corrected chi connectivity index (χ0v) is 12.9. The predicted molar refractivity (Wildman–Crippen MR) is 82.9 cm³/mol. The van der Waals surface area contributed by atoms with Crippen molar-refractivity contribution in [2.75, 3.05) is 23.6 Å². The Morgan fingerprint density at radius 1 is 1.38 bits per heavy atom. The summed E-state index contributed by atoms with van der Waals surface area (Å²) in [6.45, 7) is 3.08. The summed E-state index contributed by atoms with van der Waals surface area (Å²) in [5, 5.41) is 6.15. The van der Waals surface area contributed by atoms with Crippen LogP contribution in [0, 0.1) is 0 Å². The quantitative estimate of drug-likeness (QED) is 0.729. The number of rotatable bonds is 6. The highest BCUT2D eigenvalue weighted by atomic mass is 32.2. The third-order valence-corrected chi connectivity index (χ3v) is 4.78. The number of nitrogens with one attached hydrogen (secondary N) is 3. The van der Waals surface area contributed by atoms with Gasteiger partial charge in [0.05, 0.1) is 17.0 Å². The van der Waals surface area contributed by atoms with Gasteiger partial charge in [0, 0.05) is 12.6 Å². The highest BCUT2D eigenvalue weighted by molar-refractivity contribution is 7.92. The van der Waals surface area contributed by atoms with Gasteiger partial charge in [-0.25, -0.2) is 8.42 Å². The molecule has 21 heavy (non-hydrogen) atoms. The number of hydrogen-bond acceptors (Lipinski definition) is 4. The van der Waals surface area contributed by atoms with Crippen LogP contribution < -0.4 is 15.4 Å². The van der Waals surface area contributed by atoms with Crippen molar-refractivity contribution in [3.05, 3.63) is 29.8 Å². The van der Waals surface area contributed by atoms with Gasteiger partial charge in [-0.15, -0.1) is 0 Å². The molecule has 1 aromatic rings. The monoisotopic (exact) mass is 311 g/mol. The minimum Gasteiger partial charge on any atom is -0.350 e. The van der Waals surface area contributed by atoms with Crippen molar-refractivity contribution in [2.24, 2.45) is 0 Å². The van der Waals surface area contributed by atoms with Gasteiger partial charge in [-0.05, 0) is 38.4 Å². The van der Waals surface area contributed by atoms with E-state index in [2.05, 4.69) is 15.4 Å². The summed E-state index contributed by atoms with van der Waals surface area (Å²) < 4.78 is 25.8. The Hall–Kier alpha value is -1.60. The first kappa shape index (κ1) is 15.8. The SMILES string of the molecule is CCS(=O)(=O)Nc1ccccc1C(=O)NCC1CCCN1. The summed E-state index contributed by atoms with van der Waals surface area (Å²) in [5.74, 6) is -0.298. The molecule has 0 saturated carbocycles. The average molecular weight is 311 g/mol. The summed E-state index contributed by atoms with van der Waals surface area (Å²) >= 11 is 0. The summed E-state index contributed by atoms with van der Waals surface area (Å²) in [4.78, 5) is 12.2. The molecule has 1 amide bonds. The maximum atomic E-state index is 12.2. The molecule has 0 aliphatic carbocycles. The fraction of sp³-hybridized carbons (Fsp3) is 0.500. The molecule has 0 spiro atoms. The van der Waals surface area contributed by atoms with Crippen molar-refractivity contribution in [3.63, 3.8) is 0 Å². The van der Waals surface area contributed by atoms with E-state index in [4.69, 9.17) is 0 Å². The van der Waals surface area contributed by atoms with Crippen LogP contribution in [0.15, 0.2) is 24.3 Å². The van der Waals surface area contributed by atoms with Crippen molar-refractivity contribution < 1.29 is 13.2 Å².